The third kappa shape index (κ3) is 10.5. The van der Waals surface area contributed by atoms with Gasteiger partial charge >= 0.3 is 0 Å². The number of aromatic nitrogens is 3. The molecule has 53 heavy (non-hydrogen) atoms. The van der Waals surface area contributed by atoms with Gasteiger partial charge in [0.25, 0.3) is 0 Å². The summed E-state index contributed by atoms with van der Waals surface area (Å²) >= 11 is 0. The first-order valence-electron chi connectivity index (χ1n) is 19.6. The maximum atomic E-state index is 4.84. The van der Waals surface area contributed by atoms with E-state index in [4.69, 9.17) is 10.2 Å². The van der Waals surface area contributed by atoms with Crippen LogP contribution in [0.5, 0.6) is 0 Å². The lowest BCUT2D eigenvalue weighted by molar-refractivity contribution is 0.667. The number of unbranched alkanes of at least 4 members (excludes halogenated alkanes) is 5. The van der Waals surface area contributed by atoms with Gasteiger partial charge in [-0.25, -0.2) is 0 Å². The van der Waals surface area contributed by atoms with Crippen molar-refractivity contribution < 1.29 is 0 Å². The Morgan fingerprint density at radius 1 is 0.415 bits per heavy atom. The highest BCUT2D eigenvalue weighted by Gasteiger charge is 2.18. The number of aryl methyl sites for hydroxylation is 3. The normalized spacial score (nSPS) is 10.7. The van der Waals surface area contributed by atoms with Crippen LogP contribution in [0, 0.1) is 23.7 Å². The summed E-state index contributed by atoms with van der Waals surface area (Å²) in [4.78, 5) is 0. The number of nitrogens with zero attached hydrogens (tertiary/aromatic N) is 3. The Labute approximate surface area is 317 Å². The van der Waals surface area contributed by atoms with Crippen molar-refractivity contribution in [3.05, 3.63) is 160 Å². The standard InChI is InChI=1S/C50H51N3/c1-4-7-10-12-17-41-32-34-48(35-33-41)53-49(46-18-13-11-14-19-46)51-52-50(53)47-37-44(30-28-42-24-20-39(21-25-42)15-8-5-2)36-45(38-47)31-29-43-26-22-40(23-27-43)16-9-6-3/h11,13-14,18-27,32-38H,4-10,12,15-17H2,1-3H3. The van der Waals surface area contributed by atoms with Crippen molar-refractivity contribution >= 4 is 0 Å². The molecule has 266 valence electrons. The SMILES string of the molecule is CCCCCCc1ccc(-n2c(-c3ccccc3)nnc2-c2cc(C#Cc3ccc(CCCC)cc3)cc(C#Cc3ccc(CCCC)cc3)c2)cc1. The van der Waals surface area contributed by atoms with Gasteiger partial charge in [0.2, 0.25) is 0 Å². The summed E-state index contributed by atoms with van der Waals surface area (Å²) in [7, 11) is 0. The van der Waals surface area contributed by atoms with Gasteiger partial charge in [0.1, 0.15) is 0 Å². The number of hydrogen-bond donors (Lipinski definition) is 0. The summed E-state index contributed by atoms with van der Waals surface area (Å²) in [6.07, 6.45) is 13.1. The second-order valence-corrected chi connectivity index (χ2v) is 13.9. The molecule has 0 bridgehead atoms. The van der Waals surface area contributed by atoms with Crippen LogP contribution in [0.15, 0.2) is 121 Å². The zero-order chi connectivity index (χ0) is 36.7. The van der Waals surface area contributed by atoms with Gasteiger partial charge in [-0.15, -0.1) is 10.2 Å². The molecule has 0 amide bonds. The fourth-order valence-electron chi connectivity index (χ4n) is 6.52. The van der Waals surface area contributed by atoms with Gasteiger partial charge in [0.15, 0.2) is 11.6 Å². The second-order valence-electron chi connectivity index (χ2n) is 13.9. The first kappa shape index (κ1) is 37.1. The summed E-state index contributed by atoms with van der Waals surface area (Å²) in [6, 6.07) is 42.8. The van der Waals surface area contributed by atoms with Crippen LogP contribution in [0.4, 0.5) is 0 Å². The zero-order valence-corrected chi connectivity index (χ0v) is 31.7. The van der Waals surface area contributed by atoms with Gasteiger partial charge < -0.3 is 0 Å². The monoisotopic (exact) mass is 693 g/mol. The lowest BCUT2D eigenvalue weighted by Crippen LogP contribution is -2.01. The lowest BCUT2D eigenvalue weighted by atomic mass is 10.0. The van der Waals surface area contributed by atoms with Gasteiger partial charge in [-0.2, -0.15) is 0 Å². The average Bonchev–Trinajstić information content (AvgIpc) is 3.66. The van der Waals surface area contributed by atoms with E-state index in [-0.39, 0.29) is 0 Å². The van der Waals surface area contributed by atoms with E-state index in [1.165, 1.54) is 68.1 Å². The molecule has 0 unspecified atom stereocenters. The van der Waals surface area contributed by atoms with E-state index in [0.717, 1.165) is 70.0 Å². The molecule has 1 aromatic heterocycles. The summed E-state index contributed by atoms with van der Waals surface area (Å²) < 4.78 is 2.17. The molecular formula is C50H51N3. The van der Waals surface area contributed by atoms with E-state index >= 15 is 0 Å². The second kappa shape index (κ2) is 19.3. The molecule has 0 aliphatic heterocycles. The Hall–Kier alpha value is -5.64. The molecule has 0 saturated heterocycles. The largest absolute Gasteiger partial charge is 0.275 e. The Balaban J connectivity index is 1.41. The van der Waals surface area contributed by atoms with Crippen LogP contribution in [0.1, 0.15) is 111 Å². The van der Waals surface area contributed by atoms with Gasteiger partial charge in [-0.3, -0.25) is 4.57 Å². The molecule has 0 fully saturated rings. The van der Waals surface area contributed by atoms with E-state index in [1.807, 2.05) is 18.2 Å². The molecule has 0 radical (unpaired) electrons. The fraction of sp³-hybridized carbons (Fsp3) is 0.280. The first-order chi connectivity index (χ1) is 26.1. The van der Waals surface area contributed by atoms with Crippen molar-refractivity contribution in [1.82, 2.24) is 14.8 Å². The van der Waals surface area contributed by atoms with Crippen molar-refractivity contribution in [1.29, 1.82) is 0 Å². The Kier molecular flexibility index (Phi) is 13.5. The first-order valence-corrected chi connectivity index (χ1v) is 19.6. The highest BCUT2D eigenvalue weighted by molar-refractivity contribution is 5.70. The average molecular weight is 694 g/mol. The predicted molar refractivity (Wildman–Crippen MR) is 222 cm³/mol. The third-order valence-corrected chi connectivity index (χ3v) is 9.65. The van der Waals surface area contributed by atoms with Crippen molar-refractivity contribution in [2.24, 2.45) is 0 Å². The lowest BCUT2D eigenvalue weighted by Gasteiger charge is -2.12. The highest BCUT2D eigenvalue weighted by Crippen LogP contribution is 2.30. The molecule has 6 aromatic rings. The molecule has 0 saturated carbocycles. The van der Waals surface area contributed by atoms with Gasteiger partial charge in [-0.05, 0) is 110 Å². The zero-order valence-electron chi connectivity index (χ0n) is 31.7. The molecule has 0 aliphatic carbocycles. The maximum absolute atomic E-state index is 4.84. The number of benzene rings is 5. The minimum Gasteiger partial charge on any atom is -0.275 e. The summed E-state index contributed by atoms with van der Waals surface area (Å²) in [5.74, 6) is 15.3. The van der Waals surface area contributed by atoms with Crippen molar-refractivity contribution in [3.8, 4) is 52.1 Å². The van der Waals surface area contributed by atoms with Gasteiger partial charge in [-0.1, -0.05) is 143 Å². The van der Waals surface area contributed by atoms with Crippen LogP contribution in [0.3, 0.4) is 0 Å². The smallest absolute Gasteiger partial charge is 0.168 e. The maximum Gasteiger partial charge on any atom is 0.168 e. The fourth-order valence-corrected chi connectivity index (χ4v) is 6.52. The van der Waals surface area contributed by atoms with Crippen LogP contribution in [-0.4, -0.2) is 14.8 Å². The van der Waals surface area contributed by atoms with E-state index in [2.05, 4.69) is 152 Å². The van der Waals surface area contributed by atoms with E-state index in [1.54, 1.807) is 0 Å². The minimum absolute atomic E-state index is 0.756. The van der Waals surface area contributed by atoms with Crippen molar-refractivity contribution in [2.75, 3.05) is 0 Å². The molecule has 0 spiro atoms. The molecule has 5 aromatic carbocycles. The molecule has 3 nitrogen and oxygen atoms in total. The molecule has 0 aliphatic rings. The molecule has 1 heterocycles. The van der Waals surface area contributed by atoms with Crippen LogP contribution in [0.25, 0.3) is 28.5 Å². The molecular weight excluding hydrogens is 643 g/mol. The van der Waals surface area contributed by atoms with E-state index in [9.17, 15) is 0 Å². The summed E-state index contributed by atoms with van der Waals surface area (Å²) in [5, 5.41) is 9.61. The topological polar surface area (TPSA) is 30.7 Å². The molecule has 0 N–H and O–H groups in total. The number of hydrogen-bond acceptors (Lipinski definition) is 2. The van der Waals surface area contributed by atoms with Crippen LogP contribution < -0.4 is 0 Å². The molecule has 3 heteroatoms. The highest BCUT2D eigenvalue weighted by atomic mass is 15.3. The Morgan fingerprint density at radius 3 is 1.38 bits per heavy atom. The van der Waals surface area contributed by atoms with Gasteiger partial charge in [0, 0.05) is 39.1 Å². The Morgan fingerprint density at radius 2 is 0.868 bits per heavy atom. The van der Waals surface area contributed by atoms with Gasteiger partial charge in [0.05, 0.1) is 0 Å². The quantitative estimate of drug-likeness (QED) is 0.0840. The van der Waals surface area contributed by atoms with Crippen LogP contribution in [-0.2, 0) is 19.3 Å². The van der Waals surface area contributed by atoms with E-state index < -0.39 is 0 Å². The number of rotatable bonds is 14. The Bertz CT molecular complexity index is 2080. The van der Waals surface area contributed by atoms with Crippen molar-refractivity contribution in [3.63, 3.8) is 0 Å². The summed E-state index contributed by atoms with van der Waals surface area (Å²) in [6.45, 7) is 6.72. The minimum atomic E-state index is 0.756. The summed E-state index contributed by atoms with van der Waals surface area (Å²) in [5.41, 5.74) is 10.8. The predicted octanol–water partition coefficient (Wildman–Crippen LogP) is 12.2. The van der Waals surface area contributed by atoms with Crippen LogP contribution in [0.2, 0.25) is 0 Å². The molecule has 0 atom stereocenters. The molecule has 6 rings (SSSR count). The van der Waals surface area contributed by atoms with Crippen molar-refractivity contribution in [2.45, 2.75) is 91.4 Å². The van der Waals surface area contributed by atoms with E-state index in [0.29, 0.717) is 0 Å². The third-order valence-electron chi connectivity index (χ3n) is 9.65. The van der Waals surface area contributed by atoms with Crippen LogP contribution >= 0.6 is 0 Å².